The first-order valence-corrected chi connectivity index (χ1v) is 6.17. The quantitative estimate of drug-likeness (QED) is 0.488. The fourth-order valence-electron chi connectivity index (χ4n) is 1.30. The zero-order valence-corrected chi connectivity index (χ0v) is 10.8. The first kappa shape index (κ1) is 15.8. The normalized spacial score (nSPS) is 15.4. The van der Waals surface area contributed by atoms with Gasteiger partial charge in [-0.25, -0.2) is 0 Å². The van der Waals surface area contributed by atoms with Gasteiger partial charge in [0.2, 0.25) is 0 Å². The summed E-state index contributed by atoms with van der Waals surface area (Å²) in [6, 6.07) is 0. The van der Waals surface area contributed by atoms with Crippen LogP contribution >= 0.6 is 0 Å². The third-order valence-electron chi connectivity index (χ3n) is 2.36. The number of rotatable bonds is 10. The van der Waals surface area contributed by atoms with Crippen molar-refractivity contribution in [2.45, 2.75) is 45.8 Å². The van der Waals surface area contributed by atoms with Crippen molar-refractivity contribution in [1.29, 1.82) is 0 Å². The lowest BCUT2D eigenvalue weighted by Gasteiger charge is -2.14. The van der Waals surface area contributed by atoms with Crippen LogP contribution in [0.25, 0.3) is 0 Å². The van der Waals surface area contributed by atoms with E-state index in [1.165, 1.54) is 0 Å². The largest absolute Gasteiger partial charge is 0.396 e. The summed E-state index contributed by atoms with van der Waals surface area (Å²) in [7, 11) is 0. The van der Waals surface area contributed by atoms with E-state index >= 15 is 0 Å². The first-order valence-electron chi connectivity index (χ1n) is 6.17. The summed E-state index contributed by atoms with van der Waals surface area (Å²) in [4.78, 5) is 0. The monoisotopic (exact) mass is 233 g/mol. The standard InChI is InChI=1S/C12H27NO3/c1-10(2)16-9-12(15)7-13-6-4-5-11(3)8-14/h10-15H,4-9H2,1-3H3. The highest BCUT2D eigenvalue weighted by Crippen LogP contribution is 2.02. The summed E-state index contributed by atoms with van der Waals surface area (Å²) in [5, 5.41) is 21.5. The molecule has 0 aromatic heterocycles. The fraction of sp³-hybridized carbons (Fsp3) is 1.00. The predicted octanol–water partition coefficient (Wildman–Crippen LogP) is 0.770. The van der Waals surface area contributed by atoms with Crippen molar-refractivity contribution in [2.24, 2.45) is 5.92 Å². The topological polar surface area (TPSA) is 61.7 Å². The highest BCUT2D eigenvalue weighted by Gasteiger charge is 2.05. The Bertz CT molecular complexity index is 153. The molecular formula is C12H27NO3. The van der Waals surface area contributed by atoms with Gasteiger partial charge in [0.25, 0.3) is 0 Å². The SMILES string of the molecule is CC(CO)CCCNCC(O)COC(C)C. The molecule has 0 spiro atoms. The van der Waals surface area contributed by atoms with Gasteiger partial charge in [0, 0.05) is 13.2 Å². The zero-order valence-electron chi connectivity index (χ0n) is 10.8. The molecule has 0 saturated carbocycles. The highest BCUT2D eigenvalue weighted by molar-refractivity contribution is 4.60. The highest BCUT2D eigenvalue weighted by atomic mass is 16.5. The molecule has 3 N–H and O–H groups in total. The molecule has 0 radical (unpaired) electrons. The van der Waals surface area contributed by atoms with Gasteiger partial charge in [0.05, 0.1) is 18.8 Å². The second-order valence-corrected chi connectivity index (χ2v) is 4.67. The molecule has 4 heteroatoms. The van der Waals surface area contributed by atoms with Gasteiger partial charge in [-0.1, -0.05) is 6.92 Å². The second-order valence-electron chi connectivity index (χ2n) is 4.67. The number of aliphatic hydroxyl groups is 2. The van der Waals surface area contributed by atoms with Crippen LogP contribution < -0.4 is 5.32 Å². The molecular weight excluding hydrogens is 206 g/mol. The summed E-state index contributed by atoms with van der Waals surface area (Å²) in [5.41, 5.74) is 0. The van der Waals surface area contributed by atoms with Crippen LogP contribution in [0.3, 0.4) is 0 Å². The van der Waals surface area contributed by atoms with Crippen molar-refractivity contribution in [2.75, 3.05) is 26.3 Å². The van der Waals surface area contributed by atoms with E-state index in [4.69, 9.17) is 9.84 Å². The minimum atomic E-state index is -0.433. The number of ether oxygens (including phenoxy) is 1. The average molecular weight is 233 g/mol. The Hall–Kier alpha value is -0.160. The predicted molar refractivity (Wildman–Crippen MR) is 65.4 cm³/mol. The van der Waals surface area contributed by atoms with E-state index in [0.29, 0.717) is 19.1 Å². The molecule has 0 aliphatic heterocycles. The van der Waals surface area contributed by atoms with Crippen LogP contribution in [0.2, 0.25) is 0 Å². The first-order chi connectivity index (χ1) is 7.56. The summed E-state index contributed by atoms with van der Waals surface area (Å²) in [5.74, 6) is 0.371. The molecule has 0 aliphatic rings. The minimum absolute atomic E-state index is 0.167. The Kier molecular flexibility index (Phi) is 9.92. The van der Waals surface area contributed by atoms with Crippen LogP contribution in [0.4, 0.5) is 0 Å². The molecule has 0 aromatic carbocycles. The molecule has 0 heterocycles. The van der Waals surface area contributed by atoms with E-state index in [1.807, 2.05) is 20.8 Å². The third-order valence-corrected chi connectivity index (χ3v) is 2.36. The van der Waals surface area contributed by atoms with Crippen LogP contribution in [0, 0.1) is 5.92 Å². The van der Waals surface area contributed by atoms with E-state index < -0.39 is 6.10 Å². The van der Waals surface area contributed by atoms with Crippen molar-refractivity contribution < 1.29 is 14.9 Å². The van der Waals surface area contributed by atoms with Crippen LogP contribution in [0.1, 0.15) is 33.6 Å². The maximum atomic E-state index is 9.53. The molecule has 4 nitrogen and oxygen atoms in total. The summed E-state index contributed by atoms with van der Waals surface area (Å²) in [6.07, 6.45) is 1.78. The van der Waals surface area contributed by atoms with Crippen LogP contribution in [0.15, 0.2) is 0 Å². The number of aliphatic hydroxyl groups excluding tert-OH is 2. The summed E-state index contributed by atoms with van der Waals surface area (Å²) >= 11 is 0. The van der Waals surface area contributed by atoms with Crippen LogP contribution in [-0.2, 0) is 4.74 Å². The smallest absolute Gasteiger partial charge is 0.0897 e. The summed E-state index contributed by atoms with van der Waals surface area (Å²) in [6.45, 7) is 8.03. The third kappa shape index (κ3) is 10.4. The van der Waals surface area contributed by atoms with Crippen LogP contribution in [0.5, 0.6) is 0 Å². The van der Waals surface area contributed by atoms with Gasteiger partial charge in [0.15, 0.2) is 0 Å². The lowest BCUT2D eigenvalue weighted by atomic mass is 10.1. The molecule has 0 rings (SSSR count). The molecule has 98 valence electrons. The van der Waals surface area contributed by atoms with Gasteiger partial charge in [-0.2, -0.15) is 0 Å². The fourth-order valence-corrected chi connectivity index (χ4v) is 1.30. The van der Waals surface area contributed by atoms with E-state index in [9.17, 15) is 5.11 Å². The van der Waals surface area contributed by atoms with Crippen molar-refractivity contribution in [3.05, 3.63) is 0 Å². The molecule has 0 fully saturated rings. The van der Waals surface area contributed by atoms with Gasteiger partial charge in [-0.15, -0.1) is 0 Å². The Morgan fingerprint density at radius 1 is 1.25 bits per heavy atom. The van der Waals surface area contributed by atoms with Crippen molar-refractivity contribution in [3.63, 3.8) is 0 Å². The van der Waals surface area contributed by atoms with Crippen molar-refractivity contribution >= 4 is 0 Å². The summed E-state index contributed by atoms with van der Waals surface area (Å²) < 4.78 is 5.29. The molecule has 0 amide bonds. The van der Waals surface area contributed by atoms with E-state index in [1.54, 1.807) is 0 Å². The van der Waals surface area contributed by atoms with Gasteiger partial charge < -0.3 is 20.3 Å². The zero-order chi connectivity index (χ0) is 12.4. The molecule has 2 unspecified atom stereocenters. The Morgan fingerprint density at radius 2 is 1.94 bits per heavy atom. The van der Waals surface area contributed by atoms with E-state index in [2.05, 4.69) is 5.32 Å². The maximum absolute atomic E-state index is 9.53. The molecule has 0 aromatic rings. The van der Waals surface area contributed by atoms with E-state index in [0.717, 1.165) is 19.4 Å². The Labute approximate surface area is 99.0 Å². The number of hydrogen-bond acceptors (Lipinski definition) is 4. The van der Waals surface area contributed by atoms with E-state index in [-0.39, 0.29) is 12.7 Å². The minimum Gasteiger partial charge on any atom is -0.396 e. The number of nitrogens with one attached hydrogen (secondary N) is 1. The molecule has 2 atom stereocenters. The maximum Gasteiger partial charge on any atom is 0.0897 e. The van der Waals surface area contributed by atoms with Crippen molar-refractivity contribution in [1.82, 2.24) is 5.32 Å². The second kappa shape index (κ2) is 10.0. The molecule has 0 bridgehead atoms. The van der Waals surface area contributed by atoms with Gasteiger partial charge in [-0.3, -0.25) is 0 Å². The Morgan fingerprint density at radius 3 is 2.50 bits per heavy atom. The van der Waals surface area contributed by atoms with Crippen molar-refractivity contribution in [3.8, 4) is 0 Å². The molecule has 16 heavy (non-hydrogen) atoms. The average Bonchev–Trinajstić information content (AvgIpc) is 2.25. The lowest BCUT2D eigenvalue weighted by Crippen LogP contribution is -2.32. The molecule has 0 aliphatic carbocycles. The lowest BCUT2D eigenvalue weighted by molar-refractivity contribution is 0.00643. The molecule has 0 saturated heterocycles. The van der Waals surface area contributed by atoms with Gasteiger partial charge >= 0.3 is 0 Å². The van der Waals surface area contributed by atoms with Gasteiger partial charge in [-0.05, 0) is 39.2 Å². The number of hydrogen-bond donors (Lipinski definition) is 3. The van der Waals surface area contributed by atoms with Crippen LogP contribution in [-0.4, -0.2) is 48.7 Å². The Balaban J connectivity index is 3.24. The van der Waals surface area contributed by atoms with Gasteiger partial charge in [0.1, 0.15) is 0 Å².